The van der Waals surface area contributed by atoms with Crippen LogP contribution >= 0.6 is 0 Å². The van der Waals surface area contributed by atoms with Gasteiger partial charge in [-0.2, -0.15) is 0 Å². The van der Waals surface area contributed by atoms with Gasteiger partial charge in [0.1, 0.15) is 0 Å². The van der Waals surface area contributed by atoms with E-state index < -0.39 is 0 Å². The molecule has 0 saturated carbocycles. The Balaban J connectivity index is 2.16. The zero-order valence-electron chi connectivity index (χ0n) is 13.5. The van der Waals surface area contributed by atoms with E-state index in [4.69, 9.17) is 4.98 Å². The second-order valence-corrected chi connectivity index (χ2v) is 6.27. The van der Waals surface area contributed by atoms with E-state index in [9.17, 15) is 0 Å². The van der Waals surface area contributed by atoms with Gasteiger partial charge >= 0.3 is 0 Å². The zero-order valence-corrected chi connectivity index (χ0v) is 13.5. The Kier molecular flexibility index (Phi) is 3.34. The summed E-state index contributed by atoms with van der Waals surface area (Å²) in [6, 6.07) is 25.6. The molecule has 0 aliphatic carbocycles. The summed E-state index contributed by atoms with van der Waals surface area (Å²) in [6.45, 7) is 4.43. The van der Waals surface area contributed by atoms with Crippen LogP contribution in [0.5, 0.6) is 0 Å². The molecule has 3 aromatic carbocycles. The quantitative estimate of drug-likeness (QED) is 0.403. The Bertz CT molecular complexity index is 985. The van der Waals surface area contributed by atoms with E-state index in [1.165, 1.54) is 33.0 Å². The summed E-state index contributed by atoms with van der Waals surface area (Å²) in [7, 11) is 0. The molecule has 112 valence electrons. The van der Waals surface area contributed by atoms with Gasteiger partial charge in [0.2, 0.25) is 0 Å². The second kappa shape index (κ2) is 5.51. The fraction of sp³-hybridized carbons (Fsp3) is 0.136. The Morgan fingerprint density at radius 1 is 0.652 bits per heavy atom. The smallest absolute Gasteiger partial charge is 0.0790 e. The van der Waals surface area contributed by atoms with E-state index in [1.807, 2.05) is 0 Å². The maximum absolute atomic E-state index is 5.08. The first-order chi connectivity index (χ1) is 11.3. The van der Waals surface area contributed by atoms with Crippen molar-refractivity contribution in [3.8, 4) is 11.1 Å². The number of nitrogens with zero attached hydrogens (tertiary/aromatic N) is 1. The molecule has 0 bridgehead atoms. The van der Waals surface area contributed by atoms with Crippen LogP contribution in [0, 0.1) is 0 Å². The average Bonchev–Trinajstić information content (AvgIpc) is 2.61. The number of benzene rings is 3. The van der Waals surface area contributed by atoms with Crippen molar-refractivity contribution < 1.29 is 0 Å². The number of hydrogen-bond acceptors (Lipinski definition) is 1. The van der Waals surface area contributed by atoms with Crippen molar-refractivity contribution in [2.75, 3.05) is 0 Å². The Morgan fingerprint density at radius 2 is 1.30 bits per heavy atom. The van der Waals surface area contributed by atoms with Crippen LogP contribution < -0.4 is 0 Å². The zero-order chi connectivity index (χ0) is 15.8. The first-order valence-electron chi connectivity index (χ1n) is 8.12. The highest BCUT2D eigenvalue weighted by molar-refractivity contribution is 6.10. The average molecular weight is 297 g/mol. The van der Waals surface area contributed by atoms with Crippen LogP contribution in [-0.4, -0.2) is 4.98 Å². The fourth-order valence-electron chi connectivity index (χ4n) is 3.29. The summed E-state index contributed by atoms with van der Waals surface area (Å²) in [5.41, 5.74) is 4.70. The summed E-state index contributed by atoms with van der Waals surface area (Å²) in [6.07, 6.45) is 0. The van der Waals surface area contributed by atoms with Gasteiger partial charge in [0, 0.05) is 16.3 Å². The summed E-state index contributed by atoms with van der Waals surface area (Å²) < 4.78 is 0. The van der Waals surface area contributed by atoms with Gasteiger partial charge in [-0.1, -0.05) is 86.6 Å². The molecule has 0 spiro atoms. The molecule has 0 atom stereocenters. The fourth-order valence-corrected chi connectivity index (χ4v) is 3.29. The molecule has 1 aromatic heterocycles. The van der Waals surface area contributed by atoms with E-state index in [1.54, 1.807) is 0 Å². The summed E-state index contributed by atoms with van der Waals surface area (Å²) in [4.78, 5) is 5.08. The number of para-hydroxylation sites is 1. The van der Waals surface area contributed by atoms with Crippen molar-refractivity contribution in [1.29, 1.82) is 0 Å². The van der Waals surface area contributed by atoms with Gasteiger partial charge in [0.05, 0.1) is 11.2 Å². The van der Waals surface area contributed by atoms with Crippen molar-refractivity contribution in [2.24, 2.45) is 0 Å². The standard InChI is InChI=1S/C22H19N/c1-15(2)21-19-12-7-6-11-18(19)20-14-8-13-17(22(20)23-21)16-9-4-3-5-10-16/h3-15H,1-2H3. The predicted octanol–water partition coefficient (Wildman–Crippen LogP) is 6.18. The molecule has 4 aromatic rings. The monoisotopic (exact) mass is 297 g/mol. The van der Waals surface area contributed by atoms with Gasteiger partial charge in [-0.05, 0) is 16.9 Å². The molecule has 0 fully saturated rings. The number of aromatic nitrogens is 1. The minimum atomic E-state index is 0.396. The molecule has 1 nitrogen and oxygen atoms in total. The van der Waals surface area contributed by atoms with Gasteiger partial charge in [-0.15, -0.1) is 0 Å². The molecule has 0 N–H and O–H groups in total. The van der Waals surface area contributed by atoms with E-state index in [0.717, 1.165) is 5.52 Å². The number of hydrogen-bond donors (Lipinski definition) is 0. The minimum Gasteiger partial charge on any atom is -0.251 e. The number of rotatable bonds is 2. The highest BCUT2D eigenvalue weighted by Crippen LogP contribution is 2.34. The lowest BCUT2D eigenvalue weighted by atomic mass is 9.95. The van der Waals surface area contributed by atoms with Crippen LogP contribution in [0.15, 0.2) is 72.8 Å². The normalized spacial score (nSPS) is 11.4. The van der Waals surface area contributed by atoms with Crippen LogP contribution in [0.25, 0.3) is 32.8 Å². The Labute approximate surface area is 136 Å². The van der Waals surface area contributed by atoms with Crippen LogP contribution in [0.1, 0.15) is 25.5 Å². The van der Waals surface area contributed by atoms with Crippen LogP contribution in [0.2, 0.25) is 0 Å². The van der Waals surface area contributed by atoms with Crippen molar-refractivity contribution in [3.63, 3.8) is 0 Å². The first-order valence-corrected chi connectivity index (χ1v) is 8.12. The third-order valence-electron chi connectivity index (χ3n) is 4.39. The lowest BCUT2D eigenvalue weighted by molar-refractivity contribution is 0.841. The third-order valence-corrected chi connectivity index (χ3v) is 4.39. The number of fused-ring (bicyclic) bond motifs is 3. The van der Waals surface area contributed by atoms with Gasteiger partial charge in [-0.25, -0.2) is 0 Å². The number of pyridine rings is 1. The second-order valence-electron chi connectivity index (χ2n) is 6.27. The van der Waals surface area contributed by atoms with Gasteiger partial charge in [0.15, 0.2) is 0 Å². The molecule has 0 unspecified atom stereocenters. The van der Waals surface area contributed by atoms with Gasteiger partial charge in [-0.3, -0.25) is 4.98 Å². The van der Waals surface area contributed by atoms with E-state index in [0.29, 0.717) is 5.92 Å². The van der Waals surface area contributed by atoms with Gasteiger partial charge < -0.3 is 0 Å². The topological polar surface area (TPSA) is 12.9 Å². The summed E-state index contributed by atoms with van der Waals surface area (Å²) in [5, 5.41) is 3.78. The highest BCUT2D eigenvalue weighted by Gasteiger charge is 2.13. The molecular formula is C22H19N. The lowest BCUT2D eigenvalue weighted by Crippen LogP contribution is -1.97. The first kappa shape index (κ1) is 14.0. The molecule has 0 aliphatic heterocycles. The molecule has 1 heterocycles. The third kappa shape index (κ3) is 2.29. The lowest BCUT2D eigenvalue weighted by Gasteiger charge is -2.14. The Morgan fingerprint density at radius 3 is 2.04 bits per heavy atom. The van der Waals surface area contributed by atoms with Crippen LogP contribution in [0.4, 0.5) is 0 Å². The highest BCUT2D eigenvalue weighted by atomic mass is 14.7. The maximum Gasteiger partial charge on any atom is 0.0790 e. The largest absolute Gasteiger partial charge is 0.251 e. The molecular weight excluding hydrogens is 278 g/mol. The minimum absolute atomic E-state index is 0.396. The van der Waals surface area contributed by atoms with Crippen molar-refractivity contribution in [1.82, 2.24) is 4.98 Å². The van der Waals surface area contributed by atoms with Crippen molar-refractivity contribution >= 4 is 21.7 Å². The molecule has 23 heavy (non-hydrogen) atoms. The van der Waals surface area contributed by atoms with Crippen LogP contribution in [0.3, 0.4) is 0 Å². The van der Waals surface area contributed by atoms with Crippen molar-refractivity contribution in [2.45, 2.75) is 19.8 Å². The van der Waals surface area contributed by atoms with Crippen LogP contribution in [-0.2, 0) is 0 Å². The molecule has 0 amide bonds. The van der Waals surface area contributed by atoms with Crippen molar-refractivity contribution in [3.05, 3.63) is 78.5 Å². The Hall–Kier alpha value is -2.67. The molecule has 1 heteroatoms. The maximum atomic E-state index is 5.08. The SMILES string of the molecule is CC(C)c1nc2c(-c3ccccc3)cccc2c2ccccc12. The summed E-state index contributed by atoms with van der Waals surface area (Å²) in [5.74, 6) is 0.396. The predicted molar refractivity (Wildman–Crippen MR) is 98.8 cm³/mol. The van der Waals surface area contributed by atoms with Gasteiger partial charge in [0.25, 0.3) is 0 Å². The van der Waals surface area contributed by atoms with E-state index >= 15 is 0 Å². The molecule has 0 saturated heterocycles. The summed E-state index contributed by atoms with van der Waals surface area (Å²) >= 11 is 0. The van der Waals surface area contributed by atoms with E-state index in [2.05, 4.69) is 86.6 Å². The molecule has 4 rings (SSSR count). The molecule has 0 radical (unpaired) electrons. The van der Waals surface area contributed by atoms with E-state index in [-0.39, 0.29) is 0 Å². The molecule has 0 aliphatic rings.